The molecule has 2 aromatic rings. The van der Waals surface area contributed by atoms with E-state index in [2.05, 4.69) is 0 Å². The highest BCUT2D eigenvalue weighted by Gasteiger charge is 2.25. The fourth-order valence-electron chi connectivity index (χ4n) is 2.50. The minimum atomic E-state index is -1.37. The first-order chi connectivity index (χ1) is 11.5. The van der Waals surface area contributed by atoms with Crippen LogP contribution in [0.2, 0.25) is 0 Å². The van der Waals surface area contributed by atoms with E-state index < -0.39 is 11.9 Å². The van der Waals surface area contributed by atoms with E-state index in [9.17, 15) is 19.8 Å². The van der Waals surface area contributed by atoms with Crippen molar-refractivity contribution in [2.24, 2.45) is 0 Å². The highest BCUT2D eigenvalue weighted by Crippen LogP contribution is 2.36. The number of carboxylic acid groups (broad SMARTS) is 2. The Bertz CT molecular complexity index is 871. The Morgan fingerprint density at radius 2 is 1.50 bits per heavy atom. The van der Waals surface area contributed by atoms with Crippen LogP contribution in [0.15, 0.2) is 42.5 Å². The number of aliphatic carboxylic acids is 2. The molecule has 24 heavy (non-hydrogen) atoms. The van der Waals surface area contributed by atoms with Crippen molar-refractivity contribution in [3.05, 3.63) is 53.6 Å². The fraction of sp³-hybridized carbons (Fsp3) is 0.0588. The van der Waals surface area contributed by atoms with Crippen molar-refractivity contribution in [1.82, 2.24) is 0 Å². The van der Waals surface area contributed by atoms with E-state index in [0.29, 0.717) is 17.2 Å². The Kier molecular flexibility index (Phi) is 3.83. The molecule has 1 aliphatic heterocycles. The quantitative estimate of drug-likeness (QED) is 0.447. The lowest BCUT2D eigenvalue weighted by molar-refractivity contribution is -0.132. The van der Waals surface area contributed by atoms with Crippen LogP contribution < -0.4 is 15.2 Å². The molecule has 0 spiro atoms. The lowest BCUT2D eigenvalue weighted by atomic mass is 9.94. The first-order valence-electron chi connectivity index (χ1n) is 6.94. The van der Waals surface area contributed by atoms with Crippen LogP contribution in [0.5, 0.6) is 11.5 Å². The maximum atomic E-state index is 11.8. The van der Waals surface area contributed by atoms with Crippen LogP contribution in [0.3, 0.4) is 0 Å². The number of anilines is 1. The van der Waals surface area contributed by atoms with Crippen molar-refractivity contribution in [1.29, 1.82) is 0 Å². The van der Waals surface area contributed by atoms with Crippen LogP contribution in [0.1, 0.15) is 11.1 Å². The van der Waals surface area contributed by atoms with Crippen LogP contribution in [0.4, 0.5) is 5.69 Å². The van der Waals surface area contributed by atoms with Gasteiger partial charge >= 0.3 is 11.9 Å². The Morgan fingerprint density at radius 3 is 2.12 bits per heavy atom. The summed E-state index contributed by atoms with van der Waals surface area (Å²) in [5.41, 5.74) is 5.72. The van der Waals surface area contributed by atoms with Gasteiger partial charge in [-0.1, -0.05) is 18.2 Å². The monoisotopic (exact) mass is 327 g/mol. The Morgan fingerprint density at radius 1 is 0.875 bits per heavy atom. The number of benzene rings is 2. The summed E-state index contributed by atoms with van der Waals surface area (Å²) >= 11 is 0. The van der Waals surface area contributed by atoms with Gasteiger partial charge in [-0.2, -0.15) is 0 Å². The van der Waals surface area contributed by atoms with Crippen molar-refractivity contribution in [3.8, 4) is 11.5 Å². The molecule has 1 heterocycles. The molecule has 0 fully saturated rings. The minimum absolute atomic E-state index is 0.0336. The molecular formula is C17H13NO6. The first kappa shape index (κ1) is 15.4. The number of hydrogen-bond donors (Lipinski definition) is 3. The number of nitrogens with two attached hydrogens (primary N) is 1. The summed E-state index contributed by atoms with van der Waals surface area (Å²) in [5.74, 6) is -1.89. The van der Waals surface area contributed by atoms with E-state index in [1.54, 1.807) is 18.2 Å². The maximum absolute atomic E-state index is 11.8. The Balaban J connectivity index is 2.25. The molecule has 7 heteroatoms. The van der Waals surface area contributed by atoms with E-state index >= 15 is 0 Å². The van der Waals surface area contributed by atoms with Gasteiger partial charge in [0.05, 0.1) is 11.1 Å². The molecule has 3 rings (SSSR count). The van der Waals surface area contributed by atoms with Crippen LogP contribution in [0, 0.1) is 0 Å². The summed E-state index contributed by atoms with van der Waals surface area (Å²) in [7, 11) is 0. The van der Waals surface area contributed by atoms with Crippen LogP contribution in [-0.4, -0.2) is 28.9 Å². The van der Waals surface area contributed by atoms with Crippen molar-refractivity contribution in [2.75, 3.05) is 12.5 Å². The second-order valence-corrected chi connectivity index (χ2v) is 5.05. The number of carboxylic acids is 2. The van der Waals surface area contributed by atoms with E-state index in [1.165, 1.54) is 24.3 Å². The highest BCUT2D eigenvalue weighted by molar-refractivity contribution is 6.36. The van der Waals surface area contributed by atoms with Gasteiger partial charge in [0.2, 0.25) is 6.79 Å². The average molecular weight is 327 g/mol. The van der Waals surface area contributed by atoms with Gasteiger partial charge < -0.3 is 25.4 Å². The van der Waals surface area contributed by atoms with Gasteiger partial charge in [-0.3, -0.25) is 0 Å². The van der Waals surface area contributed by atoms with Gasteiger partial charge in [-0.15, -0.1) is 0 Å². The molecule has 0 aromatic heterocycles. The zero-order valence-corrected chi connectivity index (χ0v) is 12.4. The molecule has 0 unspecified atom stereocenters. The van der Waals surface area contributed by atoms with E-state index in [-0.39, 0.29) is 29.1 Å². The zero-order chi connectivity index (χ0) is 17.3. The lowest BCUT2D eigenvalue weighted by Crippen LogP contribution is -2.10. The molecule has 0 atom stereocenters. The van der Waals surface area contributed by atoms with Crippen molar-refractivity contribution in [3.63, 3.8) is 0 Å². The number of carbonyl (C=O) groups is 2. The predicted octanol–water partition coefficient (Wildman–Crippen LogP) is 2.08. The van der Waals surface area contributed by atoms with Crippen LogP contribution in [0.25, 0.3) is 11.1 Å². The third-order valence-corrected chi connectivity index (χ3v) is 3.51. The van der Waals surface area contributed by atoms with E-state index in [4.69, 9.17) is 15.2 Å². The number of nitrogen functional groups attached to an aromatic ring is 1. The lowest BCUT2D eigenvalue weighted by Gasteiger charge is -2.11. The number of rotatable bonds is 4. The SMILES string of the molecule is Nc1cccc(C(C(=O)O)=C(C(=O)O)c2ccc3c(c2)OCO3)c1. The largest absolute Gasteiger partial charge is 0.478 e. The van der Waals surface area contributed by atoms with Crippen molar-refractivity contribution in [2.45, 2.75) is 0 Å². The second kappa shape index (κ2) is 5.96. The summed E-state index contributed by atoms with van der Waals surface area (Å²) in [6.45, 7) is 0.0336. The second-order valence-electron chi connectivity index (χ2n) is 5.05. The molecule has 0 saturated heterocycles. The molecule has 0 aliphatic carbocycles. The molecule has 2 aromatic carbocycles. The van der Waals surface area contributed by atoms with Crippen LogP contribution in [-0.2, 0) is 9.59 Å². The topological polar surface area (TPSA) is 119 Å². The molecule has 1 aliphatic rings. The summed E-state index contributed by atoms with van der Waals surface area (Å²) in [5, 5.41) is 19.2. The first-order valence-corrected chi connectivity index (χ1v) is 6.94. The molecule has 0 amide bonds. The summed E-state index contributed by atoms with van der Waals surface area (Å²) in [4.78, 5) is 23.5. The Hall–Kier alpha value is -3.48. The normalized spacial score (nSPS) is 13.3. The minimum Gasteiger partial charge on any atom is -0.478 e. The van der Waals surface area contributed by atoms with Gasteiger partial charge in [0.1, 0.15) is 0 Å². The van der Waals surface area contributed by atoms with Gasteiger partial charge in [-0.05, 0) is 35.4 Å². The molecular weight excluding hydrogens is 314 g/mol. The molecule has 0 bridgehead atoms. The summed E-state index contributed by atoms with van der Waals surface area (Å²) in [6.07, 6.45) is 0. The van der Waals surface area contributed by atoms with Crippen molar-refractivity contribution < 1.29 is 29.3 Å². The zero-order valence-electron chi connectivity index (χ0n) is 12.4. The third kappa shape index (κ3) is 2.74. The molecule has 7 nitrogen and oxygen atoms in total. The molecule has 122 valence electrons. The molecule has 0 radical (unpaired) electrons. The summed E-state index contributed by atoms with van der Waals surface area (Å²) < 4.78 is 10.4. The van der Waals surface area contributed by atoms with Gasteiger partial charge in [-0.25, -0.2) is 9.59 Å². The highest BCUT2D eigenvalue weighted by atomic mass is 16.7. The number of hydrogen-bond acceptors (Lipinski definition) is 5. The van der Waals surface area contributed by atoms with E-state index in [1.807, 2.05) is 0 Å². The van der Waals surface area contributed by atoms with Gasteiger partial charge in [0.25, 0.3) is 0 Å². The number of fused-ring (bicyclic) bond motifs is 1. The molecule has 4 N–H and O–H groups in total. The smallest absolute Gasteiger partial charge is 0.337 e. The maximum Gasteiger partial charge on any atom is 0.337 e. The predicted molar refractivity (Wildman–Crippen MR) is 85.5 cm³/mol. The fourth-order valence-corrected chi connectivity index (χ4v) is 2.50. The van der Waals surface area contributed by atoms with Gasteiger partial charge in [0.15, 0.2) is 11.5 Å². The molecule has 0 saturated carbocycles. The van der Waals surface area contributed by atoms with E-state index in [0.717, 1.165) is 0 Å². The number of ether oxygens (including phenoxy) is 2. The third-order valence-electron chi connectivity index (χ3n) is 3.51. The standard InChI is InChI=1S/C17H13NO6/c18-11-3-1-2-9(6-11)14(16(19)20)15(17(21)22)10-4-5-12-13(7-10)24-8-23-12/h1-7H,8,18H2,(H,19,20)(H,21,22). The average Bonchev–Trinajstić information content (AvgIpc) is 2.99. The van der Waals surface area contributed by atoms with Crippen LogP contribution >= 0.6 is 0 Å². The van der Waals surface area contributed by atoms with Gasteiger partial charge in [0, 0.05) is 5.69 Å². The Labute approximate surface area is 136 Å². The van der Waals surface area contributed by atoms with Crippen molar-refractivity contribution >= 4 is 28.8 Å². The summed E-state index contributed by atoms with van der Waals surface area (Å²) in [6, 6.07) is 10.5.